The fourth-order valence-corrected chi connectivity index (χ4v) is 1.73. The van der Waals surface area contributed by atoms with Crippen molar-refractivity contribution in [1.29, 1.82) is 0 Å². The van der Waals surface area contributed by atoms with Crippen molar-refractivity contribution in [1.82, 2.24) is 5.32 Å². The molecule has 0 rings (SSSR count). The third-order valence-corrected chi connectivity index (χ3v) is 3.26. The molecule has 0 aromatic carbocycles. The van der Waals surface area contributed by atoms with Crippen LogP contribution >= 0.6 is 12.4 Å². The van der Waals surface area contributed by atoms with Crippen molar-refractivity contribution in [3.8, 4) is 0 Å². The second kappa shape index (κ2) is 8.82. The first-order valence-corrected chi connectivity index (χ1v) is 6.06. The number of nitrogens with two attached hydrogens (primary N) is 1. The molecule has 4 heteroatoms. The fourth-order valence-electron chi connectivity index (χ4n) is 1.73. The van der Waals surface area contributed by atoms with E-state index in [9.17, 15) is 4.79 Å². The summed E-state index contributed by atoms with van der Waals surface area (Å²) in [4.78, 5) is 11.7. The Kier molecular flexibility index (Phi) is 9.98. The van der Waals surface area contributed by atoms with Gasteiger partial charge < -0.3 is 11.1 Å². The maximum absolute atomic E-state index is 11.7. The highest BCUT2D eigenvalue weighted by Crippen LogP contribution is 2.19. The van der Waals surface area contributed by atoms with Gasteiger partial charge in [-0.05, 0) is 32.6 Å². The minimum Gasteiger partial charge on any atom is -0.351 e. The second-order valence-electron chi connectivity index (χ2n) is 4.41. The lowest BCUT2D eigenvalue weighted by molar-refractivity contribution is -0.123. The average Bonchev–Trinajstić information content (AvgIpc) is 2.23. The van der Waals surface area contributed by atoms with Crippen LogP contribution < -0.4 is 11.1 Å². The van der Waals surface area contributed by atoms with Crippen molar-refractivity contribution in [3.63, 3.8) is 0 Å². The molecule has 3 N–H and O–H groups in total. The van der Waals surface area contributed by atoms with Crippen molar-refractivity contribution in [3.05, 3.63) is 0 Å². The van der Waals surface area contributed by atoms with Gasteiger partial charge in [-0.1, -0.05) is 20.8 Å². The molecule has 3 nitrogen and oxygen atoms in total. The molecular weight excluding hydrogens is 224 g/mol. The van der Waals surface area contributed by atoms with E-state index in [1.54, 1.807) is 0 Å². The smallest absolute Gasteiger partial charge is 0.220 e. The first-order chi connectivity index (χ1) is 6.99. The van der Waals surface area contributed by atoms with E-state index in [1.807, 2.05) is 6.92 Å². The van der Waals surface area contributed by atoms with Gasteiger partial charge in [-0.15, -0.1) is 12.4 Å². The number of hydrogen-bond acceptors (Lipinski definition) is 2. The van der Waals surface area contributed by atoms with Crippen molar-refractivity contribution < 1.29 is 4.79 Å². The minimum absolute atomic E-state index is 0. The van der Waals surface area contributed by atoms with E-state index >= 15 is 0 Å². The molecule has 0 aliphatic heterocycles. The van der Waals surface area contributed by atoms with E-state index in [-0.39, 0.29) is 29.9 Å². The zero-order valence-corrected chi connectivity index (χ0v) is 11.8. The quantitative estimate of drug-likeness (QED) is 0.730. The molecule has 0 spiro atoms. The van der Waals surface area contributed by atoms with Crippen LogP contribution in [-0.4, -0.2) is 17.5 Å². The van der Waals surface area contributed by atoms with Crippen molar-refractivity contribution in [2.24, 2.45) is 5.73 Å². The van der Waals surface area contributed by atoms with Gasteiger partial charge in [0.15, 0.2) is 0 Å². The molecule has 0 saturated carbocycles. The molecular formula is C12H27ClN2O. The monoisotopic (exact) mass is 250 g/mol. The van der Waals surface area contributed by atoms with Crippen molar-refractivity contribution in [2.45, 2.75) is 71.4 Å². The summed E-state index contributed by atoms with van der Waals surface area (Å²) >= 11 is 0. The van der Waals surface area contributed by atoms with Crippen LogP contribution in [0.2, 0.25) is 0 Å². The molecule has 1 amide bonds. The highest BCUT2D eigenvalue weighted by molar-refractivity contribution is 5.85. The molecule has 0 aromatic rings. The SMILES string of the molecule is CCC(CC)(CC)NC(=O)CCC(C)N.Cl. The molecule has 0 radical (unpaired) electrons. The number of carbonyl (C=O) groups excluding carboxylic acids is 1. The van der Waals surface area contributed by atoms with Crippen molar-refractivity contribution >= 4 is 18.3 Å². The Morgan fingerprint density at radius 1 is 1.25 bits per heavy atom. The highest BCUT2D eigenvalue weighted by atomic mass is 35.5. The molecule has 16 heavy (non-hydrogen) atoms. The predicted octanol–water partition coefficient (Wildman–Crippen LogP) is 2.62. The Hall–Kier alpha value is -0.280. The van der Waals surface area contributed by atoms with Gasteiger partial charge in [0.1, 0.15) is 0 Å². The lowest BCUT2D eigenvalue weighted by atomic mass is 9.89. The van der Waals surface area contributed by atoms with Crippen LogP contribution in [0.4, 0.5) is 0 Å². The number of halogens is 1. The standard InChI is InChI=1S/C12H26N2O.ClH/c1-5-12(6-2,7-3)14-11(15)9-8-10(4)13;/h10H,5-9,13H2,1-4H3,(H,14,15);1H. The van der Waals surface area contributed by atoms with Crippen LogP contribution in [0.3, 0.4) is 0 Å². The van der Waals surface area contributed by atoms with E-state index in [2.05, 4.69) is 26.1 Å². The zero-order chi connectivity index (χ0) is 11.9. The van der Waals surface area contributed by atoms with Gasteiger partial charge in [0, 0.05) is 18.0 Å². The molecule has 0 aromatic heterocycles. The van der Waals surface area contributed by atoms with Crippen LogP contribution in [0.25, 0.3) is 0 Å². The lowest BCUT2D eigenvalue weighted by Gasteiger charge is -2.32. The van der Waals surface area contributed by atoms with Gasteiger partial charge in [-0.25, -0.2) is 0 Å². The third kappa shape index (κ3) is 6.33. The summed E-state index contributed by atoms with van der Waals surface area (Å²) in [6, 6.07) is 0.107. The van der Waals surface area contributed by atoms with Crippen LogP contribution in [0.5, 0.6) is 0 Å². The van der Waals surface area contributed by atoms with Crippen molar-refractivity contribution in [2.75, 3.05) is 0 Å². The third-order valence-electron chi connectivity index (χ3n) is 3.26. The predicted molar refractivity (Wildman–Crippen MR) is 71.9 cm³/mol. The Bertz CT molecular complexity index is 183. The molecule has 0 aliphatic carbocycles. The molecule has 0 heterocycles. The maximum atomic E-state index is 11.7. The summed E-state index contributed by atoms with van der Waals surface area (Å²) in [5, 5.41) is 3.14. The highest BCUT2D eigenvalue weighted by Gasteiger charge is 2.25. The van der Waals surface area contributed by atoms with Crippen LogP contribution in [0.15, 0.2) is 0 Å². The molecule has 0 saturated heterocycles. The maximum Gasteiger partial charge on any atom is 0.220 e. The molecule has 0 bridgehead atoms. The van der Waals surface area contributed by atoms with E-state index in [1.165, 1.54) is 0 Å². The van der Waals surface area contributed by atoms with Gasteiger partial charge in [0.05, 0.1) is 0 Å². The average molecular weight is 251 g/mol. The molecule has 1 unspecified atom stereocenters. The topological polar surface area (TPSA) is 55.1 Å². The lowest BCUT2D eigenvalue weighted by Crippen LogP contribution is -2.47. The van der Waals surface area contributed by atoms with E-state index in [0.717, 1.165) is 25.7 Å². The van der Waals surface area contributed by atoms with Gasteiger partial charge in [-0.3, -0.25) is 4.79 Å². The molecule has 0 fully saturated rings. The summed E-state index contributed by atoms with van der Waals surface area (Å²) in [6.45, 7) is 8.30. The summed E-state index contributed by atoms with van der Waals surface area (Å²) in [5.41, 5.74) is 5.62. The first-order valence-electron chi connectivity index (χ1n) is 6.06. The molecule has 0 aliphatic rings. The first kappa shape index (κ1) is 18.1. The summed E-state index contributed by atoms with van der Waals surface area (Å²) in [5.74, 6) is 0.137. The normalized spacial score (nSPS) is 12.8. The number of carbonyl (C=O) groups is 1. The van der Waals surface area contributed by atoms with Gasteiger partial charge >= 0.3 is 0 Å². The molecule has 98 valence electrons. The second-order valence-corrected chi connectivity index (χ2v) is 4.41. The minimum atomic E-state index is -0.00504. The fraction of sp³-hybridized carbons (Fsp3) is 0.917. The van der Waals surface area contributed by atoms with Gasteiger partial charge in [0.2, 0.25) is 5.91 Å². The van der Waals surface area contributed by atoms with Crippen LogP contribution in [-0.2, 0) is 4.79 Å². The number of nitrogens with one attached hydrogen (secondary N) is 1. The van der Waals surface area contributed by atoms with Gasteiger partial charge in [-0.2, -0.15) is 0 Å². The Morgan fingerprint density at radius 3 is 2.00 bits per heavy atom. The molecule has 1 atom stereocenters. The Morgan fingerprint density at radius 2 is 1.69 bits per heavy atom. The van der Waals surface area contributed by atoms with Crippen LogP contribution in [0, 0.1) is 0 Å². The zero-order valence-electron chi connectivity index (χ0n) is 11.0. The van der Waals surface area contributed by atoms with E-state index < -0.39 is 0 Å². The number of hydrogen-bond donors (Lipinski definition) is 2. The summed E-state index contributed by atoms with van der Waals surface area (Å²) in [7, 11) is 0. The van der Waals surface area contributed by atoms with E-state index in [0.29, 0.717) is 6.42 Å². The van der Waals surface area contributed by atoms with E-state index in [4.69, 9.17) is 5.73 Å². The number of rotatable bonds is 7. The Labute approximate surface area is 106 Å². The summed E-state index contributed by atoms with van der Waals surface area (Å²) < 4.78 is 0. The largest absolute Gasteiger partial charge is 0.351 e. The van der Waals surface area contributed by atoms with Gasteiger partial charge in [0.25, 0.3) is 0 Å². The Balaban J connectivity index is 0. The van der Waals surface area contributed by atoms with Crippen LogP contribution in [0.1, 0.15) is 59.8 Å². The number of amides is 1. The summed E-state index contributed by atoms with van der Waals surface area (Å²) in [6.07, 6.45) is 4.27.